The Morgan fingerprint density at radius 1 is 1.22 bits per heavy atom. The van der Waals surface area contributed by atoms with E-state index in [0.29, 0.717) is 6.54 Å². The van der Waals surface area contributed by atoms with E-state index in [1.165, 1.54) is 11.8 Å². The Bertz CT molecular complexity index is 513. The molecular formula is C14H22Cl2N4O2S. The molecule has 0 aliphatic carbocycles. The number of primary amides is 1. The maximum atomic E-state index is 12.1. The van der Waals surface area contributed by atoms with E-state index in [0.717, 1.165) is 36.8 Å². The third-order valence-corrected chi connectivity index (χ3v) is 4.20. The van der Waals surface area contributed by atoms with Crippen LogP contribution in [0.4, 0.5) is 5.69 Å². The normalized spacial score (nSPS) is 14.3. The van der Waals surface area contributed by atoms with E-state index in [-0.39, 0.29) is 42.4 Å². The van der Waals surface area contributed by atoms with Crippen molar-refractivity contribution in [3.05, 3.63) is 24.3 Å². The Hall–Kier alpha value is -0.990. The lowest BCUT2D eigenvalue weighted by molar-refractivity contribution is -0.117. The highest BCUT2D eigenvalue weighted by atomic mass is 35.5. The average Bonchev–Trinajstić information content (AvgIpc) is 2.47. The predicted molar refractivity (Wildman–Crippen MR) is 98.8 cm³/mol. The molecule has 4 N–H and O–H groups in total. The van der Waals surface area contributed by atoms with Gasteiger partial charge in [0.1, 0.15) is 0 Å². The number of nitrogens with two attached hydrogens (primary N) is 1. The first-order valence-electron chi connectivity index (χ1n) is 6.88. The van der Waals surface area contributed by atoms with Gasteiger partial charge in [0.25, 0.3) is 0 Å². The Morgan fingerprint density at radius 3 is 2.52 bits per heavy atom. The van der Waals surface area contributed by atoms with Crippen molar-refractivity contribution in [2.24, 2.45) is 5.73 Å². The summed E-state index contributed by atoms with van der Waals surface area (Å²) < 4.78 is 0. The van der Waals surface area contributed by atoms with Gasteiger partial charge in [0, 0.05) is 31.1 Å². The second kappa shape index (κ2) is 11.5. The van der Waals surface area contributed by atoms with Crippen molar-refractivity contribution in [2.45, 2.75) is 4.90 Å². The largest absolute Gasteiger partial charge is 0.369 e. The first kappa shape index (κ1) is 22.0. The van der Waals surface area contributed by atoms with Crippen LogP contribution in [0.3, 0.4) is 0 Å². The van der Waals surface area contributed by atoms with E-state index in [1.807, 2.05) is 24.3 Å². The van der Waals surface area contributed by atoms with Gasteiger partial charge in [0.15, 0.2) is 0 Å². The van der Waals surface area contributed by atoms with E-state index in [1.54, 1.807) is 0 Å². The number of piperazine rings is 1. The van der Waals surface area contributed by atoms with E-state index >= 15 is 0 Å². The van der Waals surface area contributed by atoms with Gasteiger partial charge in [-0.2, -0.15) is 0 Å². The summed E-state index contributed by atoms with van der Waals surface area (Å²) in [6.07, 6.45) is 0. The maximum Gasteiger partial charge on any atom is 0.238 e. The van der Waals surface area contributed by atoms with Gasteiger partial charge in [0.05, 0.1) is 18.0 Å². The number of para-hydroxylation sites is 1. The zero-order valence-corrected chi connectivity index (χ0v) is 15.1. The van der Waals surface area contributed by atoms with Crippen LogP contribution in [0.15, 0.2) is 29.2 Å². The second-order valence-corrected chi connectivity index (χ2v) is 5.84. The zero-order valence-electron chi connectivity index (χ0n) is 12.6. The van der Waals surface area contributed by atoms with E-state index in [9.17, 15) is 9.59 Å². The minimum Gasteiger partial charge on any atom is -0.369 e. The van der Waals surface area contributed by atoms with Gasteiger partial charge in [-0.15, -0.1) is 36.6 Å². The van der Waals surface area contributed by atoms with Crippen LogP contribution in [-0.2, 0) is 9.59 Å². The minimum atomic E-state index is -0.373. The predicted octanol–water partition coefficient (Wildman–Crippen LogP) is 0.951. The van der Waals surface area contributed by atoms with Crippen LogP contribution in [0.2, 0.25) is 0 Å². The van der Waals surface area contributed by atoms with Crippen molar-refractivity contribution in [1.82, 2.24) is 10.2 Å². The van der Waals surface area contributed by atoms with Gasteiger partial charge >= 0.3 is 0 Å². The molecule has 1 fully saturated rings. The standard InChI is InChI=1S/C14H20N4O2S.2ClH/c15-13(19)10-21-12-4-2-1-3-11(12)17-14(20)9-18-7-5-16-6-8-18;;/h1-4,16H,5-10H2,(H2,15,19)(H,17,20);2*1H. The van der Waals surface area contributed by atoms with Crippen molar-refractivity contribution < 1.29 is 9.59 Å². The molecule has 9 heteroatoms. The summed E-state index contributed by atoms with van der Waals surface area (Å²) in [5.41, 5.74) is 5.88. The first-order chi connectivity index (χ1) is 10.1. The van der Waals surface area contributed by atoms with Gasteiger partial charge in [-0.05, 0) is 12.1 Å². The Morgan fingerprint density at radius 2 is 1.87 bits per heavy atom. The molecule has 0 bridgehead atoms. The quantitative estimate of drug-likeness (QED) is 0.639. The number of nitrogens with one attached hydrogen (secondary N) is 2. The highest BCUT2D eigenvalue weighted by Gasteiger charge is 2.14. The number of halogens is 2. The molecular weight excluding hydrogens is 359 g/mol. The SMILES string of the molecule is Cl.Cl.NC(=O)CSc1ccccc1NC(=O)CN1CCNCC1. The van der Waals surface area contributed by atoms with Crippen LogP contribution in [0.5, 0.6) is 0 Å². The van der Waals surface area contributed by atoms with Gasteiger partial charge < -0.3 is 16.4 Å². The molecule has 1 aromatic rings. The number of carbonyl (C=O) groups is 2. The Balaban J connectivity index is 0.00000242. The third-order valence-electron chi connectivity index (χ3n) is 3.11. The molecule has 0 saturated carbocycles. The van der Waals surface area contributed by atoms with Crippen molar-refractivity contribution in [3.63, 3.8) is 0 Å². The van der Waals surface area contributed by atoms with Gasteiger partial charge in [-0.1, -0.05) is 12.1 Å². The molecule has 0 unspecified atom stereocenters. The molecule has 0 radical (unpaired) electrons. The van der Waals surface area contributed by atoms with Gasteiger partial charge in [-0.3, -0.25) is 14.5 Å². The molecule has 0 atom stereocenters. The van der Waals surface area contributed by atoms with Gasteiger partial charge in [-0.25, -0.2) is 0 Å². The molecule has 1 aliphatic heterocycles. The fraction of sp³-hybridized carbons (Fsp3) is 0.429. The maximum absolute atomic E-state index is 12.1. The number of anilines is 1. The number of hydrogen-bond acceptors (Lipinski definition) is 5. The van der Waals surface area contributed by atoms with Gasteiger partial charge in [0.2, 0.25) is 11.8 Å². The van der Waals surface area contributed by atoms with Crippen LogP contribution < -0.4 is 16.4 Å². The number of hydrogen-bond donors (Lipinski definition) is 3. The van der Waals surface area contributed by atoms with Crippen LogP contribution in [-0.4, -0.2) is 55.2 Å². The monoisotopic (exact) mass is 380 g/mol. The van der Waals surface area contributed by atoms with Crippen molar-refractivity contribution >= 4 is 54.1 Å². The second-order valence-electron chi connectivity index (χ2n) is 4.83. The van der Waals surface area contributed by atoms with Crippen molar-refractivity contribution in [1.29, 1.82) is 0 Å². The fourth-order valence-corrected chi connectivity index (χ4v) is 2.85. The molecule has 6 nitrogen and oxygen atoms in total. The first-order valence-corrected chi connectivity index (χ1v) is 7.87. The van der Waals surface area contributed by atoms with E-state index in [4.69, 9.17) is 5.73 Å². The number of nitrogens with zero attached hydrogens (tertiary/aromatic N) is 1. The third kappa shape index (κ3) is 7.90. The zero-order chi connectivity index (χ0) is 15.1. The summed E-state index contributed by atoms with van der Waals surface area (Å²) in [5.74, 6) is -0.212. The van der Waals surface area contributed by atoms with E-state index < -0.39 is 0 Å². The summed E-state index contributed by atoms with van der Waals surface area (Å²) in [6, 6.07) is 7.43. The molecule has 23 heavy (non-hydrogen) atoms. The summed E-state index contributed by atoms with van der Waals surface area (Å²) in [7, 11) is 0. The van der Waals surface area contributed by atoms with Crippen LogP contribution in [0.25, 0.3) is 0 Å². The summed E-state index contributed by atoms with van der Waals surface area (Å²) in [6.45, 7) is 3.98. The molecule has 2 amide bonds. The van der Waals surface area contributed by atoms with Crippen molar-refractivity contribution in [3.8, 4) is 0 Å². The molecule has 130 valence electrons. The van der Waals surface area contributed by atoms with Crippen LogP contribution >= 0.6 is 36.6 Å². The van der Waals surface area contributed by atoms with Crippen molar-refractivity contribution in [2.75, 3.05) is 43.8 Å². The van der Waals surface area contributed by atoms with Crippen LogP contribution in [0, 0.1) is 0 Å². The summed E-state index contributed by atoms with van der Waals surface area (Å²) >= 11 is 1.33. The average molecular weight is 381 g/mol. The van der Waals surface area contributed by atoms with Crippen LogP contribution in [0.1, 0.15) is 0 Å². The lowest BCUT2D eigenvalue weighted by atomic mass is 10.3. The summed E-state index contributed by atoms with van der Waals surface area (Å²) in [5, 5.41) is 6.16. The Labute approximate surface area is 152 Å². The minimum absolute atomic E-state index is 0. The molecule has 1 saturated heterocycles. The number of thioether (sulfide) groups is 1. The highest BCUT2D eigenvalue weighted by molar-refractivity contribution is 8.00. The van der Waals surface area contributed by atoms with E-state index in [2.05, 4.69) is 15.5 Å². The molecule has 1 heterocycles. The molecule has 2 rings (SSSR count). The lowest BCUT2D eigenvalue weighted by Gasteiger charge is -2.26. The highest BCUT2D eigenvalue weighted by Crippen LogP contribution is 2.26. The summed E-state index contributed by atoms with van der Waals surface area (Å²) in [4.78, 5) is 25.9. The number of rotatable bonds is 6. The topological polar surface area (TPSA) is 87.5 Å². The fourth-order valence-electron chi connectivity index (χ4n) is 2.11. The lowest BCUT2D eigenvalue weighted by Crippen LogP contribution is -2.46. The molecule has 0 aromatic heterocycles. The number of amides is 2. The molecule has 1 aromatic carbocycles. The smallest absolute Gasteiger partial charge is 0.238 e. The molecule has 1 aliphatic rings. The number of benzene rings is 1. The number of carbonyl (C=O) groups excluding carboxylic acids is 2. The molecule has 0 spiro atoms. The Kier molecular flexibility index (Phi) is 11.0.